The lowest BCUT2D eigenvalue weighted by atomic mass is 9.86. The van der Waals surface area contributed by atoms with Gasteiger partial charge in [0.2, 0.25) is 15.9 Å². The van der Waals surface area contributed by atoms with Gasteiger partial charge in [0.1, 0.15) is 0 Å². The molecule has 2 fully saturated rings. The smallest absolute Gasteiger partial charge is 0.227 e. The van der Waals surface area contributed by atoms with Crippen molar-refractivity contribution in [2.75, 3.05) is 17.2 Å². The summed E-state index contributed by atoms with van der Waals surface area (Å²) >= 11 is 0. The maximum atomic E-state index is 12.5. The fourth-order valence-electron chi connectivity index (χ4n) is 4.43. The predicted molar refractivity (Wildman–Crippen MR) is 123 cm³/mol. The molecule has 30 heavy (non-hydrogen) atoms. The van der Waals surface area contributed by atoms with Gasteiger partial charge < -0.3 is 10.6 Å². The fourth-order valence-corrected chi connectivity index (χ4v) is 5.40. The first-order chi connectivity index (χ1) is 14.3. The summed E-state index contributed by atoms with van der Waals surface area (Å²) in [6.07, 6.45) is 9.34. The van der Waals surface area contributed by atoms with E-state index in [1.54, 1.807) is 13.8 Å². The molecule has 0 spiro atoms. The number of rotatable bonds is 8. The Morgan fingerprint density at radius 2 is 1.67 bits per heavy atom. The Bertz CT molecular complexity index is 796. The zero-order chi connectivity index (χ0) is 21.6. The van der Waals surface area contributed by atoms with Crippen LogP contribution in [0.4, 0.5) is 11.4 Å². The van der Waals surface area contributed by atoms with Crippen LogP contribution in [0.25, 0.3) is 0 Å². The molecule has 0 saturated heterocycles. The molecule has 168 valence electrons. The van der Waals surface area contributed by atoms with Crippen molar-refractivity contribution in [1.29, 1.82) is 0 Å². The first kappa shape index (κ1) is 23.1. The van der Waals surface area contributed by atoms with Crippen molar-refractivity contribution in [2.45, 2.75) is 82.9 Å². The van der Waals surface area contributed by atoms with Gasteiger partial charge >= 0.3 is 0 Å². The van der Waals surface area contributed by atoms with Crippen molar-refractivity contribution >= 4 is 27.3 Å². The minimum absolute atomic E-state index is 0.0620. The van der Waals surface area contributed by atoms with Gasteiger partial charge in [-0.05, 0) is 76.5 Å². The minimum atomic E-state index is -3.19. The molecule has 2 saturated carbocycles. The Morgan fingerprint density at radius 3 is 2.33 bits per heavy atom. The quantitative estimate of drug-likeness (QED) is 0.561. The predicted octanol–water partition coefficient (Wildman–Crippen LogP) is 4.50. The van der Waals surface area contributed by atoms with Gasteiger partial charge in [0.25, 0.3) is 0 Å². The highest BCUT2D eigenvalue weighted by Gasteiger charge is 2.26. The van der Waals surface area contributed by atoms with Gasteiger partial charge in [-0.3, -0.25) is 4.79 Å². The van der Waals surface area contributed by atoms with Gasteiger partial charge in [0, 0.05) is 29.9 Å². The fraction of sp³-hybridized carbons (Fsp3) is 0.696. The molecule has 2 aliphatic carbocycles. The van der Waals surface area contributed by atoms with E-state index in [0.29, 0.717) is 5.92 Å². The largest absolute Gasteiger partial charge is 0.385 e. The zero-order valence-electron chi connectivity index (χ0n) is 18.3. The van der Waals surface area contributed by atoms with Crippen LogP contribution in [0.3, 0.4) is 0 Å². The summed E-state index contributed by atoms with van der Waals surface area (Å²) in [7, 11) is -3.19. The normalized spacial score (nSPS) is 23.3. The molecule has 1 aromatic carbocycles. The third-order valence-corrected chi connectivity index (χ3v) is 8.40. The lowest BCUT2D eigenvalue weighted by molar-refractivity contribution is -0.120. The molecule has 0 unspecified atom stereocenters. The molecule has 7 heteroatoms. The summed E-state index contributed by atoms with van der Waals surface area (Å²) in [5.74, 6) is 0.831. The minimum Gasteiger partial charge on any atom is -0.385 e. The number of sulfonamides is 1. The van der Waals surface area contributed by atoms with E-state index in [-0.39, 0.29) is 23.1 Å². The summed E-state index contributed by atoms with van der Waals surface area (Å²) < 4.78 is 26.9. The van der Waals surface area contributed by atoms with Crippen LogP contribution in [0.15, 0.2) is 24.3 Å². The highest BCUT2D eigenvalue weighted by atomic mass is 32.2. The molecule has 3 rings (SSSR count). The van der Waals surface area contributed by atoms with Crippen molar-refractivity contribution in [3.63, 3.8) is 0 Å². The van der Waals surface area contributed by atoms with Gasteiger partial charge in [-0.1, -0.05) is 25.3 Å². The van der Waals surface area contributed by atoms with Gasteiger partial charge in [-0.25, -0.2) is 13.1 Å². The van der Waals surface area contributed by atoms with Crippen LogP contribution in [0.5, 0.6) is 0 Å². The van der Waals surface area contributed by atoms with Gasteiger partial charge in [0.15, 0.2) is 0 Å². The van der Waals surface area contributed by atoms with Crippen LogP contribution in [0.1, 0.15) is 71.6 Å². The van der Waals surface area contributed by atoms with Crippen molar-refractivity contribution in [3.8, 4) is 0 Å². The van der Waals surface area contributed by atoms with Gasteiger partial charge in [0.05, 0.1) is 5.25 Å². The Morgan fingerprint density at radius 1 is 1.00 bits per heavy atom. The van der Waals surface area contributed by atoms with Crippen LogP contribution in [0.2, 0.25) is 0 Å². The third-order valence-electron chi connectivity index (χ3n) is 6.50. The van der Waals surface area contributed by atoms with E-state index in [2.05, 4.69) is 15.4 Å². The second kappa shape index (κ2) is 10.6. The van der Waals surface area contributed by atoms with E-state index < -0.39 is 10.0 Å². The molecule has 3 N–H and O–H groups in total. The molecule has 2 aliphatic rings. The van der Waals surface area contributed by atoms with E-state index in [0.717, 1.165) is 69.3 Å². The number of carbonyl (C=O) groups excluding carboxylic acids is 1. The molecule has 0 heterocycles. The summed E-state index contributed by atoms with van der Waals surface area (Å²) in [5, 5.41) is 6.20. The van der Waals surface area contributed by atoms with Gasteiger partial charge in [-0.2, -0.15) is 0 Å². The summed E-state index contributed by atoms with van der Waals surface area (Å²) in [4.78, 5) is 12.5. The molecule has 6 nitrogen and oxygen atoms in total. The van der Waals surface area contributed by atoms with Crippen LogP contribution >= 0.6 is 0 Å². The second-order valence-electron chi connectivity index (χ2n) is 9.22. The molecule has 1 aromatic rings. The van der Waals surface area contributed by atoms with Gasteiger partial charge in [-0.15, -0.1) is 0 Å². The lowest BCUT2D eigenvalue weighted by Crippen LogP contribution is -2.41. The van der Waals surface area contributed by atoms with E-state index in [1.807, 2.05) is 24.3 Å². The van der Waals surface area contributed by atoms with E-state index in [9.17, 15) is 13.2 Å². The lowest BCUT2D eigenvalue weighted by Gasteiger charge is -2.29. The number of carbonyl (C=O) groups is 1. The second-order valence-corrected chi connectivity index (χ2v) is 11.5. The molecular formula is C23H37N3O3S. The third kappa shape index (κ3) is 6.71. The number of hydrogen-bond acceptors (Lipinski definition) is 4. The molecule has 1 amide bonds. The number of anilines is 2. The maximum Gasteiger partial charge on any atom is 0.227 e. The molecule has 0 aromatic heterocycles. The Labute approximate surface area is 181 Å². The Hall–Kier alpha value is -1.60. The van der Waals surface area contributed by atoms with E-state index >= 15 is 0 Å². The molecular weight excluding hydrogens is 398 g/mol. The number of nitrogens with one attached hydrogen (secondary N) is 3. The average Bonchev–Trinajstić information content (AvgIpc) is 2.74. The van der Waals surface area contributed by atoms with Crippen molar-refractivity contribution in [1.82, 2.24) is 4.72 Å². The van der Waals surface area contributed by atoms with E-state index in [1.165, 1.54) is 6.42 Å². The Kier molecular flexibility index (Phi) is 8.17. The highest BCUT2D eigenvalue weighted by molar-refractivity contribution is 7.90. The maximum absolute atomic E-state index is 12.5. The van der Waals surface area contributed by atoms with Crippen molar-refractivity contribution in [3.05, 3.63) is 24.3 Å². The van der Waals surface area contributed by atoms with Crippen LogP contribution in [0, 0.1) is 11.8 Å². The number of amides is 1. The molecule has 0 aliphatic heterocycles. The van der Waals surface area contributed by atoms with Crippen molar-refractivity contribution < 1.29 is 13.2 Å². The molecule has 0 atom stereocenters. The summed E-state index contributed by atoms with van der Waals surface area (Å²) in [5.41, 5.74) is 1.86. The summed E-state index contributed by atoms with van der Waals surface area (Å²) in [6.45, 7) is 4.29. The first-order valence-corrected chi connectivity index (χ1v) is 13.0. The van der Waals surface area contributed by atoms with Crippen LogP contribution in [-0.4, -0.2) is 32.2 Å². The summed E-state index contributed by atoms with van der Waals surface area (Å²) in [6, 6.07) is 8.00. The number of hydrogen-bond donors (Lipinski definition) is 3. The van der Waals surface area contributed by atoms with E-state index in [4.69, 9.17) is 0 Å². The monoisotopic (exact) mass is 435 g/mol. The topological polar surface area (TPSA) is 87.3 Å². The first-order valence-electron chi connectivity index (χ1n) is 11.5. The van der Waals surface area contributed by atoms with Crippen LogP contribution < -0.4 is 15.4 Å². The van der Waals surface area contributed by atoms with Crippen molar-refractivity contribution in [2.24, 2.45) is 11.8 Å². The Balaban J connectivity index is 1.43. The van der Waals surface area contributed by atoms with Crippen LogP contribution in [-0.2, 0) is 14.8 Å². The standard InChI is InChI=1S/C23H37N3O3S/c1-17(2)30(28,29)26-20-13-11-18(12-14-20)16-24-21-9-6-10-22(15-21)25-23(27)19-7-4-3-5-8-19/h6,9-10,15,17-20,24,26H,3-5,7-8,11-14,16H2,1-2H3,(H,25,27). The average molecular weight is 436 g/mol. The molecule has 0 bridgehead atoms. The number of benzene rings is 1. The zero-order valence-corrected chi connectivity index (χ0v) is 19.1. The molecule has 0 radical (unpaired) electrons. The SMILES string of the molecule is CC(C)S(=O)(=O)NC1CCC(CNc2cccc(NC(=O)C3CCCCC3)c2)CC1. The highest BCUT2D eigenvalue weighted by Crippen LogP contribution is 2.27.